The van der Waals surface area contributed by atoms with Crippen LogP contribution in [0.3, 0.4) is 0 Å². The Balaban J connectivity index is 1.88. The maximum Gasteiger partial charge on any atom is 0.236 e. The molecule has 1 N–H and O–H groups in total. The Bertz CT molecular complexity index is 336. The number of amides is 1. The van der Waals surface area contributed by atoms with Crippen molar-refractivity contribution in [1.29, 1.82) is 0 Å². The van der Waals surface area contributed by atoms with Gasteiger partial charge in [0.05, 0.1) is 13.1 Å². The number of carbonyl (C=O) groups excluding carboxylic acids is 1. The molecule has 0 aromatic rings. The molecular weight excluding hydrogens is 226 g/mol. The monoisotopic (exact) mass is 249 g/mol. The fourth-order valence-corrected chi connectivity index (χ4v) is 3.04. The summed E-state index contributed by atoms with van der Waals surface area (Å²) in [5.74, 6) is 2.68. The summed E-state index contributed by atoms with van der Waals surface area (Å²) < 4.78 is 0. The first kappa shape index (κ1) is 13.4. The molecule has 0 saturated carbocycles. The van der Waals surface area contributed by atoms with Crippen molar-refractivity contribution in [1.82, 2.24) is 15.1 Å². The molecule has 0 aromatic carbocycles. The summed E-state index contributed by atoms with van der Waals surface area (Å²) in [5, 5.41) is 2.98. The smallest absolute Gasteiger partial charge is 0.236 e. The molecule has 0 aromatic heterocycles. The van der Waals surface area contributed by atoms with Crippen LogP contribution in [0.5, 0.6) is 0 Å². The summed E-state index contributed by atoms with van der Waals surface area (Å²) in [4.78, 5) is 16.7. The maximum atomic E-state index is 12.1. The van der Waals surface area contributed by atoms with E-state index in [1.165, 1.54) is 25.8 Å². The van der Waals surface area contributed by atoms with E-state index in [0.29, 0.717) is 25.2 Å². The number of piperazine rings is 1. The van der Waals surface area contributed by atoms with Gasteiger partial charge in [-0.2, -0.15) is 0 Å². The molecule has 2 heterocycles. The lowest BCUT2D eigenvalue weighted by atomic mass is 9.97. The zero-order chi connectivity index (χ0) is 13.0. The van der Waals surface area contributed by atoms with Crippen LogP contribution < -0.4 is 5.32 Å². The molecule has 0 aliphatic carbocycles. The molecular formula is C14H23N3O. The van der Waals surface area contributed by atoms with E-state index >= 15 is 0 Å². The molecule has 2 fully saturated rings. The molecule has 100 valence electrons. The van der Waals surface area contributed by atoms with Gasteiger partial charge in [-0.3, -0.25) is 15.0 Å². The molecule has 0 radical (unpaired) electrons. The maximum absolute atomic E-state index is 12.1. The third-order valence-corrected chi connectivity index (χ3v) is 4.01. The third-order valence-electron chi connectivity index (χ3n) is 4.01. The standard InChI is InChI=1S/C14H23N3O/c1-3-7-15-9-14(18)17-11-13-6-4-5-8-16(13)10-12(17)2/h1,12-13,15H,4-11H2,2H3. The number of hydrogen-bond acceptors (Lipinski definition) is 3. The largest absolute Gasteiger partial charge is 0.336 e. The van der Waals surface area contributed by atoms with Gasteiger partial charge in [0, 0.05) is 25.2 Å². The molecule has 4 nitrogen and oxygen atoms in total. The summed E-state index contributed by atoms with van der Waals surface area (Å²) in [6.07, 6.45) is 9.00. The Hall–Kier alpha value is -1.05. The minimum atomic E-state index is 0.183. The Morgan fingerprint density at radius 3 is 3.06 bits per heavy atom. The SMILES string of the molecule is C#CCNCC(=O)N1CC2CCCCN2CC1C. The molecule has 0 spiro atoms. The van der Waals surface area contributed by atoms with Gasteiger partial charge < -0.3 is 4.90 Å². The second-order valence-electron chi connectivity index (χ2n) is 5.35. The Morgan fingerprint density at radius 1 is 1.44 bits per heavy atom. The molecule has 18 heavy (non-hydrogen) atoms. The van der Waals surface area contributed by atoms with Crippen LogP contribution in [-0.2, 0) is 4.79 Å². The molecule has 4 heteroatoms. The highest BCUT2D eigenvalue weighted by Gasteiger charge is 2.34. The minimum Gasteiger partial charge on any atom is -0.336 e. The van der Waals surface area contributed by atoms with Gasteiger partial charge in [-0.05, 0) is 26.3 Å². The predicted octanol–water partition coefficient (Wildman–Crippen LogP) is 0.294. The van der Waals surface area contributed by atoms with Crippen LogP contribution in [0.2, 0.25) is 0 Å². The Kier molecular flexibility index (Phi) is 4.62. The lowest BCUT2D eigenvalue weighted by molar-refractivity contribution is -0.137. The summed E-state index contributed by atoms with van der Waals surface area (Å²) >= 11 is 0. The van der Waals surface area contributed by atoms with Gasteiger partial charge in [0.15, 0.2) is 0 Å². The molecule has 0 bridgehead atoms. The first-order valence-corrected chi connectivity index (χ1v) is 6.90. The zero-order valence-electron chi connectivity index (χ0n) is 11.2. The van der Waals surface area contributed by atoms with E-state index in [9.17, 15) is 4.79 Å². The van der Waals surface area contributed by atoms with Crippen molar-refractivity contribution in [3.05, 3.63) is 0 Å². The molecule has 2 aliphatic heterocycles. The topological polar surface area (TPSA) is 35.6 Å². The fraction of sp³-hybridized carbons (Fsp3) is 0.786. The van der Waals surface area contributed by atoms with Gasteiger partial charge in [-0.25, -0.2) is 0 Å². The van der Waals surface area contributed by atoms with Crippen LogP contribution in [0.25, 0.3) is 0 Å². The van der Waals surface area contributed by atoms with Crippen molar-refractivity contribution >= 4 is 5.91 Å². The summed E-state index contributed by atoms with van der Waals surface area (Å²) in [7, 11) is 0. The van der Waals surface area contributed by atoms with Gasteiger partial charge in [0.2, 0.25) is 5.91 Å². The molecule has 1 amide bonds. The average Bonchev–Trinajstić information content (AvgIpc) is 2.38. The first-order chi connectivity index (χ1) is 8.72. The number of fused-ring (bicyclic) bond motifs is 1. The van der Waals surface area contributed by atoms with Gasteiger partial charge in [0.25, 0.3) is 0 Å². The van der Waals surface area contributed by atoms with Crippen LogP contribution >= 0.6 is 0 Å². The van der Waals surface area contributed by atoms with Crippen LogP contribution in [0.15, 0.2) is 0 Å². The van der Waals surface area contributed by atoms with E-state index in [2.05, 4.69) is 23.1 Å². The number of carbonyl (C=O) groups is 1. The van der Waals surface area contributed by atoms with Crippen LogP contribution in [0.1, 0.15) is 26.2 Å². The zero-order valence-corrected chi connectivity index (χ0v) is 11.2. The highest BCUT2D eigenvalue weighted by molar-refractivity contribution is 5.78. The predicted molar refractivity (Wildman–Crippen MR) is 72.1 cm³/mol. The fourth-order valence-electron chi connectivity index (χ4n) is 3.04. The average molecular weight is 249 g/mol. The van der Waals surface area contributed by atoms with Crippen molar-refractivity contribution < 1.29 is 4.79 Å². The molecule has 2 unspecified atom stereocenters. The summed E-state index contributed by atoms with van der Waals surface area (Å²) in [5.41, 5.74) is 0. The van der Waals surface area contributed by atoms with Gasteiger partial charge in [0.1, 0.15) is 0 Å². The summed E-state index contributed by atoms with van der Waals surface area (Å²) in [6, 6.07) is 0.894. The molecule has 2 rings (SSSR count). The normalized spacial score (nSPS) is 28.6. The Labute approximate surface area is 110 Å². The van der Waals surface area contributed by atoms with E-state index < -0.39 is 0 Å². The lowest BCUT2D eigenvalue weighted by Gasteiger charge is -2.47. The van der Waals surface area contributed by atoms with Crippen molar-refractivity contribution in [3.63, 3.8) is 0 Å². The highest BCUT2D eigenvalue weighted by Crippen LogP contribution is 2.23. The summed E-state index contributed by atoms with van der Waals surface area (Å²) in [6.45, 7) is 6.07. The third kappa shape index (κ3) is 3.04. The highest BCUT2D eigenvalue weighted by atomic mass is 16.2. The molecule has 2 saturated heterocycles. The van der Waals surface area contributed by atoms with E-state index in [0.717, 1.165) is 13.1 Å². The molecule has 2 aliphatic rings. The quantitative estimate of drug-likeness (QED) is 0.577. The number of terminal acetylenes is 1. The number of piperidine rings is 1. The number of hydrogen-bond donors (Lipinski definition) is 1. The number of rotatable bonds is 3. The number of nitrogens with one attached hydrogen (secondary N) is 1. The first-order valence-electron chi connectivity index (χ1n) is 6.90. The van der Waals surface area contributed by atoms with Gasteiger partial charge in [-0.1, -0.05) is 12.3 Å². The van der Waals surface area contributed by atoms with E-state index in [1.807, 2.05) is 4.90 Å². The number of nitrogens with zero attached hydrogens (tertiary/aromatic N) is 2. The van der Waals surface area contributed by atoms with Crippen molar-refractivity contribution in [2.24, 2.45) is 0 Å². The van der Waals surface area contributed by atoms with Crippen LogP contribution in [0.4, 0.5) is 0 Å². The lowest BCUT2D eigenvalue weighted by Crippen LogP contribution is -2.61. The van der Waals surface area contributed by atoms with E-state index in [-0.39, 0.29) is 5.91 Å². The second kappa shape index (κ2) is 6.21. The van der Waals surface area contributed by atoms with Crippen molar-refractivity contribution in [2.45, 2.75) is 38.3 Å². The Morgan fingerprint density at radius 2 is 2.28 bits per heavy atom. The van der Waals surface area contributed by atoms with Gasteiger partial charge >= 0.3 is 0 Å². The second-order valence-corrected chi connectivity index (χ2v) is 5.35. The van der Waals surface area contributed by atoms with Gasteiger partial charge in [-0.15, -0.1) is 6.42 Å². The van der Waals surface area contributed by atoms with E-state index in [1.54, 1.807) is 0 Å². The van der Waals surface area contributed by atoms with E-state index in [4.69, 9.17) is 6.42 Å². The molecule has 2 atom stereocenters. The van der Waals surface area contributed by atoms with Crippen LogP contribution in [0, 0.1) is 12.3 Å². The minimum absolute atomic E-state index is 0.183. The van der Waals surface area contributed by atoms with Crippen molar-refractivity contribution in [3.8, 4) is 12.3 Å². The van der Waals surface area contributed by atoms with Crippen molar-refractivity contribution in [2.75, 3.05) is 32.7 Å². The van der Waals surface area contributed by atoms with Crippen LogP contribution in [-0.4, -0.2) is 60.5 Å².